The number of allylic oxidation sites excluding steroid dienone is 4. The van der Waals surface area contributed by atoms with Crippen LogP contribution in [0.15, 0.2) is 23.8 Å². The second-order valence-electron chi connectivity index (χ2n) is 11.0. The van der Waals surface area contributed by atoms with Crippen molar-refractivity contribution in [2.24, 2.45) is 28.6 Å². The maximum atomic E-state index is 11.9. The number of rotatable bonds is 2. The summed E-state index contributed by atoms with van der Waals surface area (Å²) in [7, 11) is -1.57. The molecule has 0 saturated heterocycles. The van der Waals surface area contributed by atoms with E-state index < -0.39 is 8.32 Å². The minimum Gasteiger partial charge on any atom is -0.412 e. The van der Waals surface area contributed by atoms with Crippen LogP contribution < -0.4 is 0 Å². The fraction of sp³-hybridized carbons (Fsp3) is 0.783. The van der Waals surface area contributed by atoms with Gasteiger partial charge in [0.05, 0.1) is 5.60 Å². The van der Waals surface area contributed by atoms with Gasteiger partial charge in [-0.1, -0.05) is 25.5 Å². The highest BCUT2D eigenvalue weighted by Crippen LogP contribution is 2.67. The van der Waals surface area contributed by atoms with Crippen LogP contribution in [0, 0.1) is 28.6 Å². The van der Waals surface area contributed by atoms with E-state index in [1.807, 2.05) is 12.2 Å². The first-order valence-electron chi connectivity index (χ1n) is 10.6. The van der Waals surface area contributed by atoms with Crippen molar-refractivity contribution in [1.29, 1.82) is 0 Å². The molecule has 0 N–H and O–H groups in total. The summed E-state index contributed by atoms with van der Waals surface area (Å²) >= 11 is 0. The van der Waals surface area contributed by atoms with Crippen molar-refractivity contribution in [3.05, 3.63) is 23.8 Å². The Balaban J connectivity index is 1.65. The summed E-state index contributed by atoms with van der Waals surface area (Å²) in [4.78, 5) is 11.9. The van der Waals surface area contributed by atoms with Gasteiger partial charge in [-0.15, -0.1) is 0 Å². The number of hydrogen-bond acceptors (Lipinski definition) is 2. The first kappa shape index (κ1) is 18.7. The average Bonchev–Trinajstić information content (AvgIpc) is 2.77. The first-order valence-corrected chi connectivity index (χ1v) is 14.0. The maximum Gasteiger partial charge on any atom is 0.184 e. The number of fused-ring (bicyclic) bond motifs is 5. The number of ketones is 1. The molecule has 4 rings (SSSR count). The lowest BCUT2D eigenvalue weighted by Gasteiger charge is -2.59. The van der Waals surface area contributed by atoms with Crippen molar-refractivity contribution < 1.29 is 9.22 Å². The van der Waals surface area contributed by atoms with Crippen molar-refractivity contribution in [2.45, 2.75) is 84.5 Å². The molecule has 6 atom stereocenters. The molecular weight excluding hydrogens is 336 g/mol. The molecule has 3 saturated carbocycles. The SMILES string of the molecule is C[C@]12C=CC(=O)C=C1CC[C@@H]1[C@@H]2CC[C@@]2(C)[C@H]1CC[C@]2(C)O[Si](C)(C)C. The second-order valence-corrected chi connectivity index (χ2v) is 15.5. The quantitative estimate of drug-likeness (QED) is 0.564. The van der Waals surface area contributed by atoms with Gasteiger partial charge in [0, 0.05) is 5.41 Å². The molecule has 144 valence electrons. The monoisotopic (exact) mass is 372 g/mol. The number of hydrogen-bond donors (Lipinski definition) is 0. The van der Waals surface area contributed by atoms with Gasteiger partial charge in [0.1, 0.15) is 0 Å². The Morgan fingerprint density at radius 1 is 1.04 bits per heavy atom. The van der Waals surface area contributed by atoms with Crippen LogP contribution >= 0.6 is 0 Å². The van der Waals surface area contributed by atoms with Gasteiger partial charge in [-0.25, -0.2) is 0 Å². The van der Waals surface area contributed by atoms with E-state index in [9.17, 15) is 4.79 Å². The third-order valence-electron chi connectivity index (χ3n) is 8.62. The molecule has 4 aliphatic rings. The molecule has 0 aromatic rings. The van der Waals surface area contributed by atoms with Crippen molar-refractivity contribution in [1.82, 2.24) is 0 Å². The molecule has 0 spiro atoms. The third kappa shape index (κ3) is 2.57. The second kappa shape index (κ2) is 5.67. The van der Waals surface area contributed by atoms with Gasteiger partial charge in [0.25, 0.3) is 0 Å². The van der Waals surface area contributed by atoms with Gasteiger partial charge in [0.15, 0.2) is 14.1 Å². The van der Waals surface area contributed by atoms with Gasteiger partial charge < -0.3 is 4.43 Å². The summed E-state index contributed by atoms with van der Waals surface area (Å²) in [6.07, 6.45) is 13.5. The highest BCUT2D eigenvalue weighted by Gasteiger charge is 2.63. The Hall–Kier alpha value is -0.673. The first-order chi connectivity index (χ1) is 12.0. The maximum absolute atomic E-state index is 11.9. The van der Waals surface area contributed by atoms with E-state index in [0.29, 0.717) is 11.3 Å². The minimum atomic E-state index is -1.57. The molecule has 0 aromatic heterocycles. The smallest absolute Gasteiger partial charge is 0.184 e. The van der Waals surface area contributed by atoms with Gasteiger partial charge in [-0.05, 0) is 100 Å². The fourth-order valence-corrected chi connectivity index (χ4v) is 8.95. The van der Waals surface area contributed by atoms with Gasteiger partial charge in [-0.3, -0.25) is 4.79 Å². The summed E-state index contributed by atoms with van der Waals surface area (Å²) < 4.78 is 6.85. The summed E-state index contributed by atoms with van der Waals surface area (Å²) in [5.74, 6) is 2.43. The fourth-order valence-electron chi connectivity index (χ4n) is 7.27. The molecule has 0 heterocycles. The lowest BCUT2D eigenvalue weighted by atomic mass is 9.47. The molecule has 0 aromatic carbocycles. The number of carbonyl (C=O) groups is 1. The zero-order chi connectivity index (χ0) is 19.0. The Labute approximate surface area is 160 Å². The Bertz CT molecular complexity index is 687. The number of carbonyl (C=O) groups excluding carboxylic acids is 1. The van der Waals surface area contributed by atoms with Crippen molar-refractivity contribution >= 4 is 14.1 Å². The van der Waals surface area contributed by atoms with Crippen LogP contribution in [0.3, 0.4) is 0 Å². The molecule has 26 heavy (non-hydrogen) atoms. The molecule has 0 radical (unpaired) electrons. The van der Waals surface area contributed by atoms with Crippen LogP contribution in [0.2, 0.25) is 19.6 Å². The van der Waals surface area contributed by atoms with Gasteiger partial charge in [0.2, 0.25) is 0 Å². The van der Waals surface area contributed by atoms with Crippen molar-refractivity contribution in [3.8, 4) is 0 Å². The normalized spacial score (nSPS) is 47.8. The highest BCUT2D eigenvalue weighted by atomic mass is 28.4. The van der Waals surface area contributed by atoms with E-state index in [1.165, 1.54) is 37.7 Å². The topological polar surface area (TPSA) is 26.3 Å². The minimum absolute atomic E-state index is 0.0441. The molecule has 0 amide bonds. The van der Waals surface area contributed by atoms with Crippen LogP contribution in [0.1, 0.15) is 59.3 Å². The molecule has 2 nitrogen and oxygen atoms in total. The van der Waals surface area contributed by atoms with E-state index >= 15 is 0 Å². The van der Waals surface area contributed by atoms with Gasteiger partial charge in [-0.2, -0.15) is 0 Å². The highest BCUT2D eigenvalue weighted by molar-refractivity contribution is 6.69. The largest absolute Gasteiger partial charge is 0.412 e. The molecule has 3 fully saturated rings. The molecule has 0 aliphatic heterocycles. The molecule has 3 heteroatoms. The molecule has 4 aliphatic carbocycles. The Morgan fingerprint density at radius 3 is 2.42 bits per heavy atom. The van der Waals surface area contributed by atoms with E-state index in [4.69, 9.17) is 4.43 Å². The van der Waals surface area contributed by atoms with Crippen molar-refractivity contribution in [2.75, 3.05) is 0 Å². The third-order valence-corrected chi connectivity index (χ3v) is 9.68. The lowest BCUT2D eigenvalue weighted by Crippen LogP contribution is -2.56. The Kier molecular flexibility index (Phi) is 4.07. The van der Waals surface area contributed by atoms with Crippen LogP contribution in [0.25, 0.3) is 0 Å². The van der Waals surface area contributed by atoms with E-state index in [-0.39, 0.29) is 16.8 Å². The standard InChI is InChI=1S/C23H36O2Si/c1-21-12-9-17(24)15-16(21)7-8-18-19(21)10-13-22(2)20(18)11-14-23(22,3)25-26(4,5)6/h9,12,15,18-20H,7-8,10-11,13-14H2,1-6H3/t18-,19+,20+,21+,22+,23+/m1/s1. The van der Waals surface area contributed by atoms with Crippen LogP contribution in [-0.2, 0) is 9.22 Å². The van der Waals surface area contributed by atoms with E-state index in [1.54, 1.807) is 0 Å². The summed E-state index contributed by atoms with van der Waals surface area (Å²) in [5.41, 5.74) is 1.86. The Morgan fingerprint density at radius 2 is 1.73 bits per heavy atom. The van der Waals surface area contributed by atoms with E-state index in [2.05, 4.69) is 46.5 Å². The summed E-state index contributed by atoms with van der Waals surface area (Å²) in [6, 6.07) is 0. The van der Waals surface area contributed by atoms with Crippen LogP contribution in [0.4, 0.5) is 0 Å². The zero-order valence-electron chi connectivity index (χ0n) is 17.5. The van der Waals surface area contributed by atoms with Gasteiger partial charge >= 0.3 is 0 Å². The molecular formula is C23H36O2Si. The van der Waals surface area contributed by atoms with Crippen LogP contribution in [-0.4, -0.2) is 19.7 Å². The predicted octanol–water partition coefficient (Wildman–Crippen LogP) is 5.90. The lowest BCUT2D eigenvalue weighted by molar-refractivity contribution is -0.112. The summed E-state index contributed by atoms with van der Waals surface area (Å²) in [6.45, 7) is 14.4. The van der Waals surface area contributed by atoms with Crippen LogP contribution in [0.5, 0.6) is 0 Å². The molecule has 0 unspecified atom stereocenters. The average molecular weight is 373 g/mol. The summed E-state index contributed by atoms with van der Waals surface area (Å²) in [5, 5.41) is 0. The zero-order valence-corrected chi connectivity index (χ0v) is 18.5. The van der Waals surface area contributed by atoms with E-state index in [0.717, 1.165) is 18.3 Å². The predicted molar refractivity (Wildman–Crippen MR) is 109 cm³/mol. The molecule has 0 bridgehead atoms. The van der Waals surface area contributed by atoms with Crippen molar-refractivity contribution in [3.63, 3.8) is 0 Å².